The lowest BCUT2D eigenvalue weighted by atomic mass is 9.92. The van der Waals surface area contributed by atoms with Gasteiger partial charge in [-0.05, 0) is 83.8 Å². The molecule has 1 N–H and O–H groups in total. The van der Waals surface area contributed by atoms with E-state index < -0.39 is 0 Å². The number of hydrogen-bond acceptors (Lipinski definition) is 3. The van der Waals surface area contributed by atoms with Gasteiger partial charge >= 0.3 is 0 Å². The summed E-state index contributed by atoms with van der Waals surface area (Å²) in [5.41, 5.74) is 5.72. The molecule has 2 heterocycles. The third kappa shape index (κ3) is 4.94. The molecule has 2 aromatic rings. The van der Waals surface area contributed by atoms with Crippen LogP contribution in [0, 0.1) is 19.3 Å². The molecule has 27 heavy (non-hydrogen) atoms. The maximum Gasteiger partial charge on any atom is 0.224 e. The summed E-state index contributed by atoms with van der Waals surface area (Å²) >= 11 is 5.50. The minimum Gasteiger partial charge on any atom is -0.341 e. The van der Waals surface area contributed by atoms with Gasteiger partial charge in [0.1, 0.15) is 0 Å². The summed E-state index contributed by atoms with van der Waals surface area (Å²) in [5.74, 6) is 0.0836. The highest BCUT2D eigenvalue weighted by Crippen LogP contribution is 2.41. The van der Waals surface area contributed by atoms with Gasteiger partial charge < -0.3 is 10.2 Å². The number of anilines is 3. The van der Waals surface area contributed by atoms with Crippen LogP contribution >= 0.6 is 27.3 Å². The van der Waals surface area contributed by atoms with E-state index in [1.807, 2.05) is 11.3 Å². The van der Waals surface area contributed by atoms with Gasteiger partial charge in [-0.2, -0.15) is 0 Å². The molecule has 5 heteroatoms. The van der Waals surface area contributed by atoms with Crippen LogP contribution in [-0.4, -0.2) is 12.5 Å². The van der Waals surface area contributed by atoms with Crippen molar-refractivity contribution in [3.8, 4) is 0 Å². The molecule has 1 amide bonds. The summed E-state index contributed by atoms with van der Waals surface area (Å²) in [4.78, 5) is 16.3. The topological polar surface area (TPSA) is 32.3 Å². The molecule has 0 saturated heterocycles. The quantitative estimate of drug-likeness (QED) is 0.549. The van der Waals surface area contributed by atoms with Crippen LogP contribution in [-0.2, 0) is 11.2 Å². The molecule has 3 rings (SSSR count). The number of thiophene rings is 1. The zero-order valence-electron chi connectivity index (χ0n) is 16.9. The predicted octanol–water partition coefficient (Wildman–Crippen LogP) is 6.98. The lowest BCUT2D eigenvalue weighted by molar-refractivity contribution is -0.117. The summed E-state index contributed by atoms with van der Waals surface area (Å²) in [6.07, 6.45) is 4.10. The average molecular weight is 449 g/mol. The van der Waals surface area contributed by atoms with Gasteiger partial charge in [0.25, 0.3) is 0 Å². The first-order valence-corrected chi connectivity index (χ1v) is 11.2. The van der Waals surface area contributed by atoms with Gasteiger partial charge in [0.15, 0.2) is 0 Å². The van der Waals surface area contributed by atoms with E-state index in [0.29, 0.717) is 6.42 Å². The molecule has 1 aliphatic rings. The normalized spacial score (nSPS) is 14.7. The first kappa shape index (κ1) is 20.4. The minimum absolute atomic E-state index is 0.0133. The number of carbonyl (C=O) groups is 1. The predicted molar refractivity (Wildman–Crippen MR) is 121 cm³/mol. The lowest BCUT2D eigenvalue weighted by Crippen LogP contribution is -2.21. The second-order valence-electron chi connectivity index (χ2n) is 8.71. The lowest BCUT2D eigenvalue weighted by Gasteiger charge is -2.26. The van der Waals surface area contributed by atoms with Crippen LogP contribution in [0.2, 0.25) is 0 Å². The number of nitrogens with one attached hydrogen (secondary N) is 1. The molecule has 0 radical (unpaired) electrons. The maximum atomic E-state index is 12.4. The third-order valence-electron chi connectivity index (χ3n) is 4.87. The van der Waals surface area contributed by atoms with E-state index in [4.69, 9.17) is 0 Å². The van der Waals surface area contributed by atoms with Gasteiger partial charge in [0, 0.05) is 29.2 Å². The Kier molecular flexibility index (Phi) is 6.02. The van der Waals surface area contributed by atoms with Crippen molar-refractivity contribution in [1.29, 1.82) is 0 Å². The average Bonchev–Trinajstić information content (AvgIpc) is 2.78. The number of rotatable bonds is 3. The van der Waals surface area contributed by atoms with Crippen molar-refractivity contribution < 1.29 is 4.79 Å². The zero-order valence-corrected chi connectivity index (χ0v) is 19.3. The highest BCUT2D eigenvalue weighted by atomic mass is 79.9. The number of halogens is 1. The molecule has 0 unspecified atom stereocenters. The van der Waals surface area contributed by atoms with Crippen LogP contribution < -0.4 is 10.2 Å². The van der Waals surface area contributed by atoms with Gasteiger partial charge in [-0.25, -0.2) is 0 Å². The number of amides is 1. The fourth-order valence-corrected chi connectivity index (χ4v) is 5.43. The summed E-state index contributed by atoms with van der Waals surface area (Å²) in [6, 6.07) is 6.66. The van der Waals surface area contributed by atoms with Crippen molar-refractivity contribution in [2.24, 2.45) is 5.41 Å². The molecular weight excluding hydrogens is 420 g/mol. The molecule has 0 atom stereocenters. The van der Waals surface area contributed by atoms with E-state index in [0.717, 1.165) is 29.8 Å². The van der Waals surface area contributed by atoms with E-state index >= 15 is 0 Å². The fraction of sp³-hybridized carbons (Fsp3) is 0.500. The number of carbonyl (C=O) groups excluding carboxylic acids is 1. The van der Waals surface area contributed by atoms with Crippen LogP contribution in [0.4, 0.5) is 17.1 Å². The second kappa shape index (κ2) is 7.96. The highest BCUT2D eigenvalue weighted by molar-refractivity contribution is 9.11. The number of fused-ring (bicyclic) bond motifs is 1. The monoisotopic (exact) mass is 448 g/mol. The number of nitrogens with zero attached hydrogens (tertiary/aromatic N) is 1. The van der Waals surface area contributed by atoms with Gasteiger partial charge in [0.05, 0.1) is 9.47 Å². The molecule has 0 aliphatic carbocycles. The van der Waals surface area contributed by atoms with Gasteiger partial charge in [0.2, 0.25) is 5.91 Å². The minimum atomic E-state index is -0.0133. The van der Waals surface area contributed by atoms with E-state index in [2.05, 4.69) is 79.0 Å². The molecule has 1 aromatic carbocycles. The van der Waals surface area contributed by atoms with Crippen LogP contribution in [0.1, 0.15) is 56.0 Å². The van der Waals surface area contributed by atoms with Crippen molar-refractivity contribution in [3.05, 3.63) is 38.0 Å². The second-order valence-corrected chi connectivity index (χ2v) is 11.2. The Morgan fingerprint density at radius 1 is 1.19 bits per heavy atom. The third-order valence-corrected chi connectivity index (χ3v) is 6.55. The molecule has 146 valence electrons. The SMILES string of the molecule is Cc1cc(N2CCCCc3sc(Br)cc32)cc(C)c1NC(=O)CC(C)(C)C. The summed E-state index contributed by atoms with van der Waals surface area (Å²) < 4.78 is 1.19. The molecule has 1 aliphatic heterocycles. The van der Waals surface area contributed by atoms with Crippen molar-refractivity contribution >= 4 is 50.2 Å². The maximum absolute atomic E-state index is 12.4. The van der Waals surface area contributed by atoms with Crippen molar-refractivity contribution in [2.75, 3.05) is 16.8 Å². The van der Waals surface area contributed by atoms with Gasteiger partial charge in [-0.15, -0.1) is 11.3 Å². The Bertz CT molecular complexity index is 827. The first-order valence-electron chi connectivity index (χ1n) is 9.61. The molecule has 0 spiro atoms. The van der Waals surface area contributed by atoms with Crippen LogP contribution in [0.25, 0.3) is 0 Å². The van der Waals surface area contributed by atoms with E-state index in [1.54, 1.807) is 0 Å². The van der Waals surface area contributed by atoms with Crippen LogP contribution in [0.15, 0.2) is 22.0 Å². The number of aryl methyl sites for hydroxylation is 3. The molecular formula is C22H29BrN2OS. The van der Waals surface area contributed by atoms with Crippen LogP contribution in [0.5, 0.6) is 0 Å². The Morgan fingerprint density at radius 3 is 2.48 bits per heavy atom. The number of benzene rings is 1. The Hall–Kier alpha value is -1.33. The van der Waals surface area contributed by atoms with Gasteiger partial charge in [-0.3, -0.25) is 4.79 Å². The van der Waals surface area contributed by atoms with E-state index in [-0.39, 0.29) is 11.3 Å². The summed E-state index contributed by atoms with van der Waals surface area (Å²) in [7, 11) is 0. The van der Waals surface area contributed by atoms with Crippen LogP contribution in [0.3, 0.4) is 0 Å². The number of hydrogen-bond donors (Lipinski definition) is 1. The molecule has 0 fully saturated rings. The molecule has 0 bridgehead atoms. The Morgan fingerprint density at radius 2 is 1.85 bits per heavy atom. The first-order chi connectivity index (χ1) is 12.6. The smallest absolute Gasteiger partial charge is 0.224 e. The van der Waals surface area contributed by atoms with Crippen molar-refractivity contribution in [3.63, 3.8) is 0 Å². The standard InChI is InChI=1S/C22H29BrN2OS/c1-14-10-16(11-15(2)21(14)24-20(26)13-22(3,4)5)25-9-7-6-8-18-17(25)12-19(23)27-18/h10-12H,6-9,13H2,1-5H3,(H,24,26). The summed E-state index contributed by atoms with van der Waals surface area (Å²) in [6.45, 7) is 11.5. The molecule has 0 saturated carbocycles. The van der Waals surface area contributed by atoms with Crippen molar-refractivity contribution in [2.45, 2.75) is 60.3 Å². The van der Waals surface area contributed by atoms with E-state index in [1.165, 1.54) is 32.9 Å². The van der Waals surface area contributed by atoms with E-state index in [9.17, 15) is 4.79 Å². The Balaban J connectivity index is 1.90. The zero-order chi connectivity index (χ0) is 19.8. The summed E-state index contributed by atoms with van der Waals surface area (Å²) in [5, 5.41) is 3.14. The molecule has 1 aromatic heterocycles. The fourth-order valence-electron chi connectivity index (χ4n) is 3.70. The van der Waals surface area contributed by atoms with Gasteiger partial charge in [-0.1, -0.05) is 20.8 Å². The Labute approximate surface area is 175 Å². The molecule has 3 nitrogen and oxygen atoms in total. The largest absolute Gasteiger partial charge is 0.341 e. The highest BCUT2D eigenvalue weighted by Gasteiger charge is 2.22. The van der Waals surface area contributed by atoms with Crippen molar-refractivity contribution in [1.82, 2.24) is 0 Å².